The highest BCUT2D eigenvalue weighted by Crippen LogP contribution is 2.25. The number of para-hydroxylation sites is 2. The molecule has 1 fully saturated rings. The summed E-state index contributed by atoms with van der Waals surface area (Å²) in [6, 6.07) is 23.9. The summed E-state index contributed by atoms with van der Waals surface area (Å²) in [6.45, 7) is 0.223. The summed E-state index contributed by atoms with van der Waals surface area (Å²) in [6.07, 6.45) is -0.225. The van der Waals surface area contributed by atoms with Gasteiger partial charge in [-0.3, -0.25) is 24.7 Å². The molecule has 0 aromatic heterocycles. The van der Waals surface area contributed by atoms with Crippen LogP contribution < -0.4 is 15.5 Å². The van der Waals surface area contributed by atoms with E-state index in [0.717, 1.165) is 5.56 Å². The average Bonchev–Trinajstić information content (AvgIpc) is 3.09. The van der Waals surface area contributed by atoms with Crippen molar-refractivity contribution in [3.8, 4) is 5.75 Å². The molecular formula is C26H24N4O4S. The van der Waals surface area contributed by atoms with E-state index in [4.69, 9.17) is 17.0 Å². The van der Waals surface area contributed by atoms with Crippen LogP contribution in [0.2, 0.25) is 0 Å². The van der Waals surface area contributed by atoms with Gasteiger partial charge in [0.05, 0.1) is 25.8 Å². The van der Waals surface area contributed by atoms with Crippen molar-refractivity contribution in [3.63, 3.8) is 0 Å². The summed E-state index contributed by atoms with van der Waals surface area (Å²) in [5.41, 5.74) is 4.48. The Morgan fingerprint density at radius 2 is 1.57 bits per heavy atom. The number of anilines is 1. The number of thiocarbonyl (C=S) groups is 1. The first kappa shape index (κ1) is 23.9. The van der Waals surface area contributed by atoms with E-state index < -0.39 is 17.9 Å². The van der Waals surface area contributed by atoms with Crippen molar-refractivity contribution in [1.82, 2.24) is 15.3 Å². The Labute approximate surface area is 208 Å². The largest absolute Gasteiger partial charge is 0.495 e. The van der Waals surface area contributed by atoms with Gasteiger partial charge in [-0.25, -0.2) is 5.01 Å². The molecule has 4 rings (SSSR count). The lowest BCUT2D eigenvalue weighted by molar-refractivity contribution is -0.131. The Morgan fingerprint density at radius 3 is 2.26 bits per heavy atom. The summed E-state index contributed by atoms with van der Waals surface area (Å²) in [5, 5.41) is 4.20. The van der Waals surface area contributed by atoms with E-state index in [-0.39, 0.29) is 24.0 Å². The molecule has 1 atom stereocenters. The number of rotatable bonds is 8. The highest BCUT2D eigenvalue weighted by Gasteiger charge is 2.44. The molecule has 9 heteroatoms. The van der Waals surface area contributed by atoms with E-state index in [9.17, 15) is 14.4 Å². The Kier molecular flexibility index (Phi) is 7.37. The molecule has 35 heavy (non-hydrogen) atoms. The standard InChI is InChI=1S/C26H24N4O4S/c1-34-22-15-9-8-14-20(22)27-23(31)16-21-25(33)29(17-18-10-4-2-5-11-18)26(35)30(21)28-24(32)19-12-6-3-7-13-19/h2-15,21H,16-17H2,1H3,(H,27,31)(H,28,32). The van der Waals surface area contributed by atoms with Gasteiger partial charge in [0.25, 0.3) is 11.8 Å². The second-order valence-electron chi connectivity index (χ2n) is 7.84. The SMILES string of the molecule is COc1ccccc1NC(=O)CC1C(=O)N(Cc2ccccc2)C(=S)N1NC(=O)c1ccccc1. The van der Waals surface area contributed by atoms with Gasteiger partial charge >= 0.3 is 0 Å². The molecule has 3 aromatic carbocycles. The van der Waals surface area contributed by atoms with Crippen LogP contribution in [0, 0.1) is 0 Å². The monoisotopic (exact) mass is 488 g/mol. The molecule has 8 nitrogen and oxygen atoms in total. The van der Waals surface area contributed by atoms with Crippen molar-refractivity contribution in [2.45, 2.75) is 19.0 Å². The van der Waals surface area contributed by atoms with Crippen LogP contribution in [0.3, 0.4) is 0 Å². The zero-order valence-electron chi connectivity index (χ0n) is 19.0. The van der Waals surface area contributed by atoms with Gasteiger partial charge in [-0.05, 0) is 42.0 Å². The molecule has 178 valence electrons. The van der Waals surface area contributed by atoms with E-state index in [1.165, 1.54) is 17.0 Å². The first-order chi connectivity index (χ1) is 17.0. The van der Waals surface area contributed by atoms with Crippen LogP contribution in [-0.4, -0.2) is 45.9 Å². The molecule has 1 aliphatic heterocycles. The van der Waals surface area contributed by atoms with Crippen LogP contribution in [0.15, 0.2) is 84.9 Å². The van der Waals surface area contributed by atoms with E-state index in [1.807, 2.05) is 30.3 Å². The molecule has 0 saturated carbocycles. The van der Waals surface area contributed by atoms with Crippen molar-refractivity contribution in [1.29, 1.82) is 0 Å². The predicted molar refractivity (Wildman–Crippen MR) is 135 cm³/mol. The zero-order valence-corrected chi connectivity index (χ0v) is 19.8. The van der Waals surface area contributed by atoms with Gasteiger partial charge in [-0.2, -0.15) is 0 Å². The fraction of sp³-hybridized carbons (Fsp3) is 0.154. The minimum absolute atomic E-state index is 0.123. The lowest BCUT2D eigenvalue weighted by Crippen LogP contribution is -2.49. The molecule has 1 aliphatic rings. The topological polar surface area (TPSA) is 91.0 Å². The van der Waals surface area contributed by atoms with Gasteiger partial charge in [0.1, 0.15) is 11.8 Å². The van der Waals surface area contributed by atoms with E-state index >= 15 is 0 Å². The number of carbonyl (C=O) groups is 3. The zero-order chi connectivity index (χ0) is 24.8. The van der Waals surface area contributed by atoms with Gasteiger partial charge in [0, 0.05) is 5.56 Å². The van der Waals surface area contributed by atoms with Crippen LogP contribution in [0.4, 0.5) is 5.69 Å². The maximum absolute atomic E-state index is 13.4. The molecule has 1 heterocycles. The Balaban J connectivity index is 1.56. The van der Waals surface area contributed by atoms with Crippen LogP contribution >= 0.6 is 12.2 Å². The molecule has 1 saturated heterocycles. The Hall–Kier alpha value is -4.24. The van der Waals surface area contributed by atoms with Crippen LogP contribution in [-0.2, 0) is 16.1 Å². The van der Waals surface area contributed by atoms with Crippen LogP contribution in [0.1, 0.15) is 22.3 Å². The summed E-state index contributed by atoms with van der Waals surface area (Å²) in [7, 11) is 1.51. The molecule has 3 amide bonds. The number of nitrogens with zero attached hydrogens (tertiary/aromatic N) is 2. The fourth-order valence-corrected chi connectivity index (χ4v) is 4.08. The minimum Gasteiger partial charge on any atom is -0.495 e. The van der Waals surface area contributed by atoms with Gasteiger partial charge < -0.3 is 10.1 Å². The van der Waals surface area contributed by atoms with E-state index in [2.05, 4.69) is 10.7 Å². The highest BCUT2D eigenvalue weighted by molar-refractivity contribution is 7.80. The second-order valence-corrected chi connectivity index (χ2v) is 8.20. The second kappa shape index (κ2) is 10.8. The summed E-state index contributed by atoms with van der Waals surface area (Å²) >= 11 is 5.57. The number of hydrogen-bond acceptors (Lipinski definition) is 5. The normalized spacial score (nSPS) is 15.2. The molecular weight excluding hydrogens is 464 g/mol. The van der Waals surface area contributed by atoms with Crippen LogP contribution in [0.25, 0.3) is 0 Å². The third kappa shape index (κ3) is 5.47. The Morgan fingerprint density at radius 1 is 0.943 bits per heavy atom. The van der Waals surface area contributed by atoms with Gasteiger partial charge in [0.15, 0.2) is 5.11 Å². The highest BCUT2D eigenvalue weighted by atomic mass is 32.1. The van der Waals surface area contributed by atoms with Crippen molar-refractivity contribution in [2.75, 3.05) is 12.4 Å². The van der Waals surface area contributed by atoms with E-state index in [1.54, 1.807) is 54.6 Å². The molecule has 0 spiro atoms. The molecule has 2 N–H and O–H groups in total. The van der Waals surface area contributed by atoms with E-state index in [0.29, 0.717) is 17.0 Å². The summed E-state index contributed by atoms with van der Waals surface area (Å²) in [4.78, 5) is 40.6. The number of amides is 3. The maximum Gasteiger partial charge on any atom is 0.269 e. The average molecular weight is 489 g/mol. The van der Waals surface area contributed by atoms with Crippen molar-refractivity contribution in [3.05, 3.63) is 96.1 Å². The first-order valence-corrected chi connectivity index (χ1v) is 11.4. The lowest BCUT2D eigenvalue weighted by atomic mass is 10.1. The fourth-order valence-electron chi connectivity index (χ4n) is 3.75. The predicted octanol–water partition coefficient (Wildman–Crippen LogP) is 3.37. The van der Waals surface area contributed by atoms with Crippen molar-refractivity contribution < 1.29 is 19.1 Å². The van der Waals surface area contributed by atoms with Crippen LogP contribution in [0.5, 0.6) is 5.75 Å². The lowest BCUT2D eigenvalue weighted by Gasteiger charge is -2.24. The third-order valence-corrected chi connectivity index (χ3v) is 5.92. The number of nitrogens with one attached hydrogen (secondary N) is 2. The van der Waals surface area contributed by atoms with Gasteiger partial charge in [-0.1, -0.05) is 60.7 Å². The van der Waals surface area contributed by atoms with Gasteiger partial charge in [0.2, 0.25) is 5.91 Å². The minimum atomic E-state index is -1.01. The quantitative estimate of drug-likeness (QED) is 0.473. The maximum atomic E-state index is 13.4. The van der Waals surface area contributed by atoms with Crippen molar-refractivity contribution >= 4 is 40.7 Å². The summed E-state index contributed by atoms with van der Waals surface area (Å²) in [5.74, 6) is -0.731. The molecule has 1 unspecified atom stereocenters. The number of hydrogen-bond donors (Lipinski definition) is 2. The molecule has 0 bridgehead atoms. The molecule has 3 aromatic rings. The molecule has 0 aliphatic carbocycles. The number of benzene rings is 3. The third-order valence-electron chi connectivity index (χ3n) is 5.50. The molecule has 0 radical (unpaired) electrons. The summed E-state index contributed by atoms with van der Waals surface area (Å²) < 4.78 is 5.28. The van der Waals surface area contributed by atoms with Crippen molar-refractivity contribution in [2.24, 2.45) is 0 Å². The smallest absolute Gasteiger partial charge is 0.269 e. The van der Waals surface area contributed by atoms with Gasteiger partial charge in [-0.15, -0.1) is 0 Å². The number of methoxy groups -OCH3 is 1. The number of carbonyl (C=O) groups excluding carboxylic acids is 3. The first-order valence-electron chi connectivity index (χ1n) is 11.0. The Bertz CT molecular complexity index is 1240. The number of ether oxygens (including phenoxy) is 1. The number of hydrazine groups is 1.